The predicted octanol–water partition coefficient (Wildman–Crippen LogP) is -3.30. The molecule has 0 aliphatic rings. The van der Waals surface area contributed by atoms with Crippen molar-refractivity contribution in [2.24, 2.45) is 0 Å². The van der Waals surface area contributed by atoms with Crippen LogP contribution in [0.15, 0.2) is 0 Å². The van der Waals surface area contributed by atoms with Crippen molar-refractivity contribution in [1.82, 2.24) is 0 Å². The van der Waals surface area contributed by atoms with E-state index in [1.54, 1.807) is 0 Å². The van der Waals surface area contributed by atoms with Gasteiger partial charge in [-0.1, -0.05) is 0 Å². The summed E-state index contributed by atoms with van der Waals surface area (Å²) in [5.41, 5.74) is 0. The fourth-order valence-electron chi connectivity index (χ4n) is 0. The zero-order valence-electron chi connectivity index (χ0n) is 6.43. The third kappa shape index (κ3) is 105. The summed E-state index contributed by atoms with van der Waals surface area (Å²) < 4.78 is 24.0. The number of hydrogen-bond donors (Lipinski definition) is 4. The van der Waals surface area contributed by atoms with E-state index in [-0.39, 0.29) is 37.6 Å². The maximum atomic E-state index is 9.11. The molecule has 0 rings (SSSR count). The van der Waals surface area contributed by atoms with Gasteiger partial charge in [0.1, 0.15) is 0 Å². The summed E-state index contributed by atoms with van der Waals surface area (Å²) in [5, 5.41) is 7.80. The van der Waals surface area contributed by atoms with E-state index in [0.717, 1.165) is 0 Å². The molecule has 0 unspecified atom stereocenters. The van der Waals surface area contributed by atoms with Gasteiger partial charge < -0.3 is 6.53 Å². The average molecular weight is 216 g/mol. The molecular weight excluding hydrogens is 207 g/mol. The first-order valence-corrected chi connectivity index (χ1v) is 4.86. The van der Waals surface area contributed by atoms with Gasteiger partial charge in [-0.15, -0.1) is 0 Å². The Labute approximate surface area is 93.9 Å². The first kappa shape index (κ1) is 17.6. The second-order valence-corrected chi connectivity index (χ2v) is 3.54. The monoisotopic (exact) mass is 216 g/mol. The Hall–Kier alpha value is 1.60. The van der Waals surface area contributed by atoms with Crippen molar-refractivity contribution in [1.29, 1.82) is 0 Å². The van der Waals surface area contributed by atoms with Crippen molar-refractivity contribution in [2.45, 2.75) is 0 Å². The van der Waals surface area contributed by atoms with Crippen LogP contribution in [-0.2, 0) is 20.2 Å². The second kappa shape index (κ2) is 10.6. The minimum absolute atomic E-state index is 0. The van der Waals surface area contributed by atoms with Crippen LogP contribution in [0.1, 0.15) is 1.43 Å². The first-order valence-electron chi connectivity index (χ1n) is 1.83. The van der Waals surface area contributed by atoms with Crippen LogP contribution in [0, 0.1) is 0 Å². The summed E-state index contributed by atoms with van der Waals surface area (Å²) in [6, 6.07) is 0. The molecule has 0 aromatic rings. The van der Waals surface area contributed by atoms with Gasteiger partial charge in [-0.3, -0.25) is 9.11 Å². The van der Waals surface area contributed by atoms with Gasteiger partial charge in [0.15, 0.2) is 0 Å². The maximum absolute atomic E-state index is 9.11. The molecule has 10 heavy (non-hydrogen) atoms. The van der Waals surface area contributed by atoms with Crippen molar-refractivity contribution < 1.29 is 49.4 Å². The van der Waals surface area contributed by atoms with Crippen LogP contribution in [-0.4, -0.2) is 30.8 Å². The third-order valence-corrected chi connectivity index (χ3v) is 0.300. The molecule has 0 aromatic carbocycles. The molecule has 3 N–H and O–H groups in total. The van der Waals surface area contributed by atoms with Gasteiger partial charge in [-0.2, -0.15) is 16.8 Å². The van der Waals surface area contributed by atoms with Crippen LogP contribution >= 0.6 is 12.6 Å². The standard InChI is InChI=1S/C2H6OS.Na.H2O3S2.H/c3-1-2-4;;1-5(2,3)4;/h3-4H,1-2H2;;(H2,1,2,3,4);/q;+1;;-1. The Balaban J connectivity index is -0.0000000383. The van der Waals surface area contributed by atoms with Crippen molar-refractivity contribution in [2.75, 3.05) is 12.4 Å². The number of aliphatic hydroxyl groups excluding tert-OH is 1. The molecule has 60 valence electrons. The molecule has 0 bridgehead atoms. The molecule has 8 heteroatoms. The molecule has 0 atom stereocenters. The summed E-state index contributed by atoms with van der Waals surface area (Å²) in [5.74, 6) is 0.569. The Morgan fingerprint density at radius 1 is 1.60 bits per heavy atom. The van der Waals surface area contributed by atoms with Gasteiger partial charge in [-0.25, -0.2) is 0 Å². The molecule has 0 heterocycles. The normalized spacial score (nSPS) is 8.80. The summed E-state index contributed by atoms with van der Waals surface area (Å²) >= 11 is 7.14. The predicted molar refractivity (Wildman–Crippen MR) is 42.8 cm³/mol. The Bertz CT molecular complexity index is 126. The summed E-state index contributed by atoms with van der Waals surface area (Å²) in [7, 11) is -3.83. The van der Waals surface area contributed by atoms with Crippen molar-refractivity contribution in [3.8, 4) is 0 Å². The minimum Gasteiger partial charge on any atom is -1.00 e. The molecule has 0 radical (unpaired) electrons. The van der Waals surface area contributed by atoms with Crippen LogP contribution in [0.5, 0.6) is 0 Å². The molecular formula is C2H9NaO4S3. The largest absolute Gasteiger partial charge is 1.00 e. The molecule has 0 amide bonds. The van der Waals surface area contributed by atoms with Gasteiger partial charge in [0.25, 0.3) is 9.05 Å². The fraction of sp³-hybridized carbons (Fsp3) is 1.00. The molecule has 0 saturated carbocycles. The van der Waals surface area contributed by atoms with Crippen LogP contribution < -0.4 is 29.6 Å². The summed E-state index contributed by atoms with van der Waals surface area (Å²) in [6.07, 6.45) is 0. The smallest absolute Gasteiger partial charge is 1.00 e. The maximum Gasteiger partial charge on any atom is 1.00 e. The molecule has 0 fully saturated rings. The topological polar surface area (TPSA) is 77.8 Å². The molecule has 4 nitrogen and oxygen atoms in total. The van der Waals surface area contributed by atoms with E-state index in [1.807, 2.05) is 0 Å². The quantitative estimate of drug-likeness (QED) is 0.273. The SMILES string of the molecule is O=S(O)(O)=S.OCCS.[H-].[Na+]. The average Bonchev–Trinajstić information content (AvgIpc) is 1.61. The molecule has 0 aliphatic carbocycles. The Morgan fingerprint density at radius 2 is 1.70 bits per heavy atom. The van der Waals surface area contributed by atoms with E-state index in [1.165, 1.54) is 0 Å². The van der Waals surface area contributed by atoms with Gasteiger partial charge in [0.2, 0.25) is 0 Å². The van der Waals surface area contributed by atoms with Gasteiger partial charge >= 0.3 is 29.6 Å². The van der Waals surface area contributed by atoms with Crippen LogP contribution in [0.4, 0.5) is 0 Å². The molecule has 0 aromatic heterocycles. The number of hydrogen-bond acceptors (Lipinski definition) is 4. The fourth-order valence-corrected chi connectivity index (χ4v) is 0. The number of rotatable bonds is 1. The van der Waals surface area contributed by atoms with E-state index in [2.05, 4.69) is 23.8 Å². The van der Waals surface area contributed by atoms with Gasteiger partial charge in [0, 0.05) is 16.9 Å². The van der Waals surface area contributed by atoms with Gasteiger partial charge in [0.05, 0.1) is 6.61 Å². The second-order valence-electron chi connectivity index (χ2n) is 0.895. The number of thiol groups is 1. The summed E-state index contributed by atoms with van der Waals surface area (Å²) in [6.45, 7) is 0.184. The van der Waals surface area contributed by atoms with Crippen LogP contribution in [0.25, 0.3) is 0 Å². The first-order chi connectivity index (χ1) is 3.91. The third-order valence-electron chi connectivity index (χ3n) is 0.1000. The Morgan fingerprint density at radius 3 is 1.70 bits per heavy atom. The van der Waals surface area contributed by atoms with Crippen LogP contribution in [0.2, 0.25) is 0 Å². The Kier molecular flexibility index (Phi) is 18.7. The molecule has 0 aliphatic heterocycles. The molecule has 0 saturated heterocycles. The molecule has 0 spiro atoms. The summed E-state index contributed by atoms with van der Waals surface area (Å²) in [4.78, 5) is 0. The van der Waals surface area contributed by atoms with E-state index >= 15 is 0 Å². The number of aliphatic hydroxyl groups is 1. The van der Waals surface area contributed by atoms with Gasteiger partial charge in [-0.05, 0) is 0 Å². The van der Waals surface area contributed by atoms with Crippen molar-refractivity contribution >= 4 is 32.9 Å². The van der Waals surface area contributed by atoms with E-state index in [0.29, 0.717) is 5.75 Å². The van der Waals surface area contributed by atoms with Crippen molar-refractivity contribution in [3.63, 3.8) is 0 Å². The zero-order chi connectivity index (χ0) is 7.91. The van der Waals surface area contributed by atoms with Crippen LogP contribution in [0.3, 0.4) is 0 Å². The van der Waals surface area contributed by atoms with E-state index < -0.39 is 9.05 Å². The minimum atomic E-state index is -3.83. The van der Waals surface area contributed by atoms with E-state index in [9.17, 15) is 0 Å². The van der Waals surface area contributed by atoms with E-state index in [4.69, 9.17) is 18.4 Å². The zero-order valence-corrected chi connectivity index (χ0v) is 9.96. The van der Waals surface area contributed by atoms with Crippen molar-refractivity contribution in [3.05, 3.63) is 0 Å².